The Balaban J connectivity index is 1.52. The lowest BCUT2D eigenvalue weighted by Crippen LogP contribution is -2.54. The van der Waals surface area contributed by atoms with Gasteiger partial charge in [-0.2, -0.15) is 0 Å². The van der Waals surface area contributed by atoms with Crippen molar-refractivity contribution in [2.45, 2.75) is 32.9 Å². The number of benzene rings is 1. The lowest BCUT2D eigenvalue weighted by Gasteiger charge is -2.36. The Morgan fingerprint density at radius 1 is 1.23 bits per heavy atom. The molecule has 0 aliphatic carbocycles. The molecular formula is C20H28N4OS. The highest BCUT2D eigenvalue weighted by molar-refractivity contribution is 7.13. The molecule has 0 spiro atoms. The number of aromatic nitrogens is 1. The molecule has 2 N–H and O–H groups in total. The molecule has 0 bridgehead atoms. The van der Waals surface area contributed by atoms with Crippen molar-refractivity contribution in [2.75, 3.05) is 26.2 Å². The minimum Gasteiger partial charge on any atom is -0.339 e. The number of nitrogens with zero attached hydrogens (tertiary/aromatic N) is 3. The van der Waals surface area contributed by atoms with Crippen LogP contribution in [0, 0.1) is 5.92 Å². The molecule has 140 valence electrons. The van der Waals surface area contributed by atoms with Gasteiger partial charge in [-0.1, -0.05) is 50.6 Å². The fourth-order valence-corrected chi connectivity index (χ4v) is 3.97. The van der Waals surface area contributed by atoms with Crippen molar-refractivity contribution in [1.82, 2.24) is 14.8 Å². The predicted octanol–water partition coefficient (Wildman–Crippen LogP) is 2.83. The number of carbonyl (C=O) groups excluding carboxylic acids is 1. The molecular weight excluding hydrogens is 344 g/mol. The minimum absolute atomic E-state index is 0.0963. The van der Waals surface area contributed by atoms with E-state index in [0.29, 0.717) is 0 Å². The zero-order valence-corrected chi connectivity index (χ0v) is 16.4. The molecule has 2 aromatic rings. The van der Waals surface area contributed by atoms with E-state index in [9.17, 15) is 4.79 Å². The largest absolute Gasteiger partial charge is 0.339 e. The van der Waals surface area contributed by atoms with E-state index < -0.39 is 0 Å². The Morgan fingerprint density at radius 2 is 1.92 bits per heavy atom. The highest BCUT2D eigenvalue weighted by Gasteiger charge is 2.28. The maximum atomic E-state index is 12.5. The number of amides is 1. The molecule has 1 saturated heterocycles. The first kappa shape index (κ1) is 19.0. The topological polar surface area (TPSA) is 62.5 Å². The summed E-state index contributed by atoms with van der Waals surface area (Å²) in [6.45, 7) is 8.20. The molecule has 1 aliphatic heterocycles. The molecule has 0 saturated carbocycles. The average Bonchev–Trinajstić information content (AvgIpc) is 3.16. The van der Waals surface area contributed by atoms with Crippen LogP contribution in [0.5, 0.6) is 0 Å². The van der Waals surface area contributed by atoms with Gasteiger partial charge in [0.2, 0.25) is 5.91 Å². The molecule has 5 nitrogen and oxygen atoms in total. The van der Waals surface area contributed by atoms with Gasteiger partial charge in [0.05, 0.1) is 11.7 Å². The van der Waals surface area contributed by atoms with Gasteiger partial charge in [-0.15, -0.1) is 11.3 Å². The van der Waals surface area contributed by atoms with Gasteiger partial charge in [-0.05, 0) is 5.92 Å². The molecule has 0 radical (unpaired) electrons. The van der Waals surface area contributed by atoms with E-state index >= 15 is 0 Å². The molecule has 1 aromatic heterocycles. The van der Waals surface area contributed by atoms with Gasteiger partial charge in [-0.3, -0.25) is 9.69 Å². The van der Waals surface area contributed by atoms with Gasteiger partial charge in [0.25, 0.3) is 0 Å². The van der Waals surface area contributed by atoms with Gasteiger partial charge < -0.3 is 10.6 Å². The van der Waals surface area contributed by atoms with Crippen LogP contribution in [0.1, 0.15) is 26.0 Å². The summed E-state index contributed by atoms with van der Waals surface area (Å²) < 4.78 is 0. The summed E-state index contributed by atoms with van der Waals surface area (Å²) in [5.41, 5.74) is 8.37. The Hall–Kier alpha value is -1.76. The van der Waals surface area contributed by atoms with Gasteiger partial charge in [-0.25, -0.2) is 4.98 Å². The van der Waals surface area contributed by atoms with E-state index in [1.807, 2.05) is 30.0 Å². The summed E-state index contributed by atoms with van der Waals surface area (Å²) in [5.74, 6) is 0.325. The molecule has 3 rings (SSSR count). The zero-order valence-electron chi connectivity index (χ0n) is 15.6. The smallest absolute Gasteiger partial charge is 0.239 e. The summed E-state index contributed by atoms with van der Waals surface area (Å²) in [4.78, 5) is 21.5. The molecule has 2 atom stereocenters. The van der Waals surface area contributed by atoms with E-state index in [2.05, 4.69) is 29.3 Å². The number of hydrogen-bond acceptors (Lipinski definition) is 5. The molecule has 26 heavy (non-hydrogen) atoms. The van der Waals surface area contributed by atoms with Crippen LogP contribution < -0.4 is 5.73 Å². The van der Waals surface area contributed by atoms with Crippen molar-refractivity contribution in [3.8, 4) is 10.6 Å². The van der Waals surface area contributed by atoms with Gasteiger partial charge in [0, 0.05) is 43.7 Å². The molecule has 6 heteroatoms. The number of carbonyl (C=O) groups is 1. The maximum absolute atomic E-state index is 12.5. The maximum Gasteiger partial charge on any atom is 0.239 e. The summed E-state index contributed by atoms with van der Waals surface area (Å²) in [5, 5.41) is 3.20. The van der Waals surface area contributed by atoms with Crippen molar-refractivity contribution >= 4 is 17.2 Å². The first-order valence-electron chi connectivity index (χ1n) is 9.35. The molecule has 1 amide bonds. The Labute approximate surface area is 159 Å². The van der Waals surface area contributed by atoms with Crippen LogP contribution >= 0.6 is 11.3 Å². The second-order valence-electron chi connectivity index (χ2n) is 7.02. The van der Waals surface area contributed by atoms with Crippen LogP contribution in [0.2, 0.25) is 0 Å². The average molecular weight is 373 g/mol. The first-order valence-corrected chi connectivity index (χ1v) is 10.2. The van der Waals surface area contributed by atoms with Crippen LogP contribution in [0.25, 0.3) is 10.6 Å². The summed E-state index contributed by atoms with van der Waals surface area (Å²) in [6, 6.07) is 9.90. The fourth-order valence-electron chi connectivity index (χ4n) is 3.16. The summed E-state index contributed by atoms with van der Waals surface area (Å²) in [7, 11) is 0. The lowest BCUT2D eigenvalue weighted by molar-refractivity contribution is -0.135. The van der Waals surface area contributed by atoms with Crippen molar-refractivity contribution in [3.05, 3.63) is 41.4 Å². The molecule has 2 heterocycles. The van der Waals surface area contributed by atoms with Crippen molar-refractivity contribution < 1.29 is 4.79 Å². The number of piperazine rings is 1. The predicted molar refractivity (Wildman–Crippen MR) is 107 cm³/mol. The summed E-state index contributed by atoms with van der Waals surface area (Å²) in [6.07, 6.45) is 0.931. The molecule has 1 fully saturated rings. The lowest BCUT2D eigenvalue weighted by atomic mass is 9.98. The van der Waals surface area contributed by atoms with Crippen LogP contribution in [0.15, 0.2) is 35.7 Å². The zero-order chi connectivity index (χ0) is 18.5. The Kier molecular flexibility index (Phi) is 6.40. The van der Waals surface area contributed by atoms with Gasteiger partial charge in [0.15, 0.2) is 0 Å². The highest BCUT2D eigenvalue weighted by Crippen LogP contribution is 2.24. The van der Waals surface area contributed by atoms with E-state index in [4.69, 9.17) is 10.7 Å². The number of thiazole rings is 1. The molecule has 1 aliphatic rings. The SMILES string of the molecule is CCC(C)C(N)C(=O)N1CCN(Cc2csc(-c3ccccc3)n2)CC1. The van der Waals surface area contributed by atoms with Crippen LogP contribution in [-0.2, 0) is 11.3 Å². The third-order valence-electron chi connectivity index (χ3n) is 5.18. The number of hydrogen-bond donors (Lipinski definition) is 1. The van der Waals surface area contributed by atoms with Gasteiger partial charge >= 0.3 is 0 Å². The van der Waals surface area contributed by atoms with Crippen LogP contribution in [-0.4, -0.2) is 52.9 Å². The van der Waals surface area contributed by atoms with Crippen LogP contribution in [0.4, 0.5) is 0 Å². The second-order valence-corrected chi connectivity index (χ2v) is 7.88. The first-order chi connectivity index (χ1) is 12.6. The quantitative estimate of drug-likeness (QED) is 0.847. The van der Waals surface area contributed by atoms with Crippen molar-refractivity contribution in [3.63, 3.8) is 0 Å². The number of nitrogens with two attached hydrogens (primary N) is 1. The minimum atomic E-state index is -0.376. The molecule has 1 aromatic carbocycles. The van der Waals surface area contributed by atoms with E-state index in [0.717, 1.165) is 55.4 Å². The van der Waals surface area contributed by atoms with Gasteiger partial charge in [0.1, 0.15) is 5.01 Å². The third-order valence-corrected chi connectivity index (χ3v) is 6.12. The van der Waals surface area contributed by atoms with Crippen LogP contribution in [0.3, 0.4) is 0 Å². The van der Waals surface area contributed by atoms with Crippen molar-refractivity contribution in [1.29, 1.82) is 0 Å². The fraction of sp³-hybridized carbons (Fsp3) is 0.500. The Bertz CT molecular complexity index is 710. The normalized spacial score (nSPS) is 17.9. The molecule has 2 unspecified atom stereocenters. The Morgan fingerprint density at radius 3 is 2.58 bits per heavy atom. The number of rotatable bonds is 6. The third kappa shape index (κ3) is 4.50. The summed E-state index contributed by atoms with van der Waals surface area (Å²) >= 11 is 1.69. The van der Waals surface area contributed by atoms with Crippen molar-refractivity contribution in [2.24, 2.45) is 11.7 Å². The van der Waals surface area contributed by atoms with E-state index in [-0.39, 0.29) is 17.9 Å². The standard InChI is InChI=1S/C20H28N4OS/c1-3-15(2)18(21)20(25)24-11-9-23(10-12-24)13-17-14-26-19(22-17)16-7-5-4-6-8-16/h4-8,14-15,18H,3,9-13,21H2,1-2H3. The van der Waals surface area contributed by atoms with E-state index in [1.165, 1.54) is 0 Å². The van der Waals surface area contributed by atoms with E-state index in [1.54, 1.807) is 11.3 Å². The monoisotopic (exact) mass is 372 g/mol. The second kappa shape index (κ2) is 8.75. The highest BCUT2D eigenvalue weighted by atomic mass is 32.1.